The third-order valence-corrected chi connectivity index (χ3v) is 8.73. The lowest BCUT2D eigenvalue weighted by Crippen LogP contribution is -2.24. The molecular weight excluding hydrogens is 586 g/mol. The molecule has 1 N–H and O–H groups in total. The van der Waals surface area contributed by atoms with Crippen molar-refractivity contribution in [3.63, 3.8) is 0 Å². The Morgan fingerprint density at radius 1 is 1.09 bits per heavy atom. The third kappa shape index (κ3) is 7.38. The van der Waals surface area contributed by atoms with Gasteiger partial charge in [-0.15, -0.1) is 23.5 Å². The maximum Gasteiger partial charge on any atom is 0.277 e. The molecule has 0 aliphatic carbocycles. The number of hydrogen-bond donors (Lipinski definition) is 1. The van der Waals surface area contributed by atoms with Gasteiger partial charge in [0.2, 0.25) is 0 Å². The molecule has 0 radical (unpaired) electrons. The van der Waals surface area contributed by atoms with Crippen LogP contribution in [-0.4, -0.2) is 30.2 Å². The molecule has 4 rings (SSSR count). The summed E-state index contributed by atoms with van der Waals surface area (Å²) in [5.74, 6) is 3.08. The number of ether oxygens (including phenoxy) is 2. The van der Waals surface area contributed by atoms with E-state index in [1.807, 2.05) is 59.9 Å². The number of hydrogen-bond acceptors (Lipinski definition) is 6. The molecule has 1 amide bonds. The smallest absolute Gasteiger partial charge is 0.277 e. The first kappa shape index (κ1) is 24.9. The monoisotopic (exact) mass is 608 g/mol. The van der Waals surface area contributed by atoms with E-state index in [2.05, 4.69) is 45.3 Å². The minimum absolute atomic E-state index is 0.117. The van der Waals surface area contributed by atoms with Crippen LogP contribution in [0.25, 0.3) is 0 Å². The van der Waals surface area contributed by atoms with Gasteiger partial charge in [-0.2, -0.15) is 5.10 Å². The van der Waals surface area contributed by atoms with E-state index in [-0.39, 0.29) is 24.9 Å². The Morgan fingerprint density at radius 3 is 2.62 bits per heavy atom. The van der Waals surface area contributed by atoms with E-state index in [0.29, 0.717) is 16.1 Å². The first-order valence-electron chi connectivity index (χ1n) is 10.5. The highest BCUT2D eigenvalue weighted by atomic mass is 127. The van der Waals surface area contributed by atoms with Crippen molar-refractivity contribution in [2.75, 3.05) is 18.1 Å². The van der Waals surface area contributed by atoms with Gasteiger partial charge in [0.1, 0.15) is 23.9 Å². The lowest BCUT2D eigenvalue weighted by atomic mass is 10.2. The lowest BCUT2D eigenvalue weighted by molar-refractivity contribution is -0.123. The summed E-state index contributed by atoms with van der Waals surface area (Å²) in [5.41, 5.74) is 5.31. The van der Waals surface area contributed by atoms with E-state index < -0.39 is 0 Å². The van der Waals surface area contributed by atoms with E-state index in [0.717, 1.165) is 14.7 Å². The maximum absolute atomic E-state index is 13.3. The van der Waals surface area contributed by atoms with Crippen LogP contribution in [0.2, 0.25) is 0 Å². The molecule has 9 heteroatoms. The minimum Gasteiger partial charge on any atom is -0.488 e. The van der Waals surface area contributed by atoms with Crippen LogP contribution in [0.5, 0.6) is 11.5 Å². The van der Waals surface area contributed by atoms with Crippen LogP contribution >= 0.6 is 46.1 Å². The lowest BCUT2D eigenvalue weighted by Gasteiger charge is -2.10. The number of benzene rings is 3. The normalized spacial score (nSPS) is 13.8. The predicted octanol–water partition coefficient (Wildman–Crippen LogP) is 6.02. The fraction of sp³-hybridized carbons (Fsp3) is 0.200. The van der Waals surface area contributed by atoms with Gasteiger partial charge in [-0.05, 0) is 81.7 Å². The Labute approximate surface area is 220 Å². The molecule has 5 nitrogen and oxygen atoms in total. The van der Waals surface area contributed by atoms with Gasteiger partial charge >= 0.3 is 0 Å². The molecule has 3 aromatic carbocycles. The van der Waals surface area contributed by atoms with Gasteiger partial charge in [0, 0.05) is 11.5 Å². The molecule has 0 bridgehead atoms. The highest BCUT2D eigenvalue weighted by molar-refractivity contribution is 14.1. The predicted molar refractivity (Wildman–Crippen MR) is 145 cm³/mol. The van der Waals surface area contributed by atoms with Crippen molar-refractivity contribution in [2.45, 2.75) is 11.2 Å². The molecular formula is C25H22FIN2O3S2. The largest absolute Gasteiger partial charge is 0.488 e. The number of carbonyl (C=O) groups is 1. The van der Waals surface area contributed by atoms with E-state index >= 15 is 0 Å². The summed E-state index contributed by atoms with van der Waals surface area (Å²) in [6.45, 7) is 0.159. The van der Waals surface area contributed by atoms with Gasteiger partial charge < -0.3 is 9.47 Å². The zero-order chi connectivity index (χ0) is 23.8. The standard InChI is InChI=1S/C25H22FIN2O3S2/c26-20-3-1-2-18(12-20)15-32-23-9-4-17(13-22(23)27)14-28-29-24(30)16-31-21-7-5-19(6-8-21)25-33-10-11-34-25/h1-9,12-14,25H,10-11,15-16H2,(H,29,30)/b28-14-. The Kier molecular flexibility index (Phi) is 9.11. The van der Waals surface area contributed by atoms with Crippen LogP contribution in [0.4, 0.5) is 4.39 Å². The number of thioether (sulfide) groups is 2. The summed E-state index contributed by atoms with van der Waals surface area (Å²) in [6, 6.07) is 19.7. The maximum atomic E-state index is 13.3. The second-order valence-corrected chi connectivity index (χ2v) is 11.2. The zero-order valence-corrected chi connectivity index (χ0v) is 21.9. The molecule has 34 heavy (non-hydrogen) atoms. The van der Waals surface area contributed by atoms with Crippen molar-refractivity contribution in [1.29, 1.82) is 0 Å². The molecule has 0 saturated carbocycles. The molecule has 0 spiro atoms. The Hall–Kier alpha value is -2.24. The van der Waals surface area contributed by atoms with Crippen molar-refractivity contribution in [3.8, 4) is 11.5 Å². The number of nitrogens with zero attached hydrogens (tertiary/aromatic N) is 1. The van der Waals surface area contributed by atoms with Gasteiger partial charge in [0.25, 0.3) is 5.91 Å². The van der Waals surface area contributed by atoms with Gasteiger partial charge in [0.15, 0.2) is 6.61 Å². The minimum atomic E-state index is -0.341. The highest BCUT2D eigenvalue weighted by Gasteiger charge is 2.18. The van der Waals surface area contributed by atoms with Crippen LogP contribution in [0, 0.1) is 9.39 Å². The average molecular weight is 608 g/mol. The topological polar surface area (TPSA) is 59.9 Å². The second-order valence-electron chi connectivity index (χ2n) is 7.33. The summed E-state index contributed by atoms with van der Waals surface area (Å²) < 4.78 is 26.0. The number of hydrazone groups is 1. The number of rotatable bonds is 9. The van der Waals surface area contributed by atoms with Gasteiger partial charge in [0.05, 0.1) is 14.4 Å². The van der Waals surface area contributed by atoms with Crippen LogP contribution in [0.3, 0.4) is 0 Å². The van der Waals surface area contributed by atoms with Crippen LogP contribution in [0.1, 0.15) is 21.3 Å². The zero-order valence-electron chi connectivity index (χ0n) is 18.1. The summed E-state index contributed by atoms with van der Waals surface area (Å²) in [6.07, 6.45) is 1.56. The second kappa shape index (κ2) is 12.5. The number of halogens is 2. The van der Waals surface area contributed by atoms with Gasteiger partial charge in [-0.1, -0.05) is 24.3 Å². The SMILES string of the molecule is O=C(COc1ccc(C2SCCS2)cc1)N/N=C\c1ccc(OCc2cccc(F)c2)c(I)c1. The van der Waals surface area contributed by atoms with Crippen molar-refractivity contribution in [2.24, 2.45) is 5.10 Å². The molecule has 1 saturated heterocycles. The van der Waals surface area contributed by atoms with Gasteiger partial charge in [-0.25, -0.2) is 9.82 Å². The molecule has 1 aliphatic heterocycles. The summed E-state index contributed by atoms with van der Waals surface area (Å²) in [7, 11) is 0. The highest BCUT2D eigenvalue weighted by Crippen LogP contribution is 2.45. The van der Waals surface area contributed by atoms with E-state index in [4.69, 9.17) is 9.47 Å². The van der Waals surface area contributed by atoms with Crippen molar-refractivity contribution >= 4 is 58.2 Å². The Bertz CT molecular complexity index is 1160. The first-order valence-corrected chi connectivity index (χ1v) is 13.7. The van der Waals surface area contributed by atoms with Crippen LogP contribution in [-0.2, 0) is 11.4 Å². The van der Waals surface area contributed by atoms with Crippen LogP contribution in [0.15, 0.2) is 71.8 Å². The fourth-order valence-electron chi connectivity index (χ4n) is 3.13. The number of nitrogens with one attached hydrogen (secondary N) is 1. The summed E-state index contributed by atoms with van der Waals surface area (Å²) in [4.78, 5) is 12.0. The molecule has 176 valence electrons. The first-order chi connectivity index (χ1) is 16.6. The number of amides is 1. The molecule has 1 fully saturated rings. The van der Waals surface area contributed by atoms with Crippen molar-refractivity contribution < 1.29 is 18.7 Å². The summed E-state index contributed by atoms with van der Waals surface area (Å²) >= 11 is 6.07. The molecule has 0 atom stereocenters. The van der Waals surface area contributed by atoms with E-state index in [1.165, 1.54) is 29.2 Å². The molecule has 3 aromatic rings. The van der Waals surface area contributed by atoms with E-state index in [9.17, 15) is 9.18 Å². The Morgan fingerprint density at radius 2 is 1.88 bits per heavy atom. The van der Waals surface area contributed by atoms with Crippen molar-refractivity contribution in [3.05, 3.63) is 92.8 Å². The quantitative estimate of drug-likeness (QED) is 0.183. The van der Waals surface area contributed by atoms with Crippen molar-refractivity contribution in [1.82, 2.24) is 5.43 Å². The molecule has 0 unspecified atom stereocenters. The molecule has 1 heterocycles. The van der Waals surface area contributed by atoms with Gasteiger partial charge in [-0.3, -0.25) is 4.79 Å². The average Bonchev–Trinajstić information content (AvgIpc) is 3.38. The Balaban J connectivity index is 1.21. The number of carbonyl (C=O) groups excluding carboxylic acids is 1. The van der Waals surface area contributed by atoms with E-state index in [1.54, 1.807) is 12.3 Å². The summed E-state index contributed by atoms with van der Waals surface area (Å²) in [5, 5.41) is 4.00. The van der Waals surface area contributed by atoms with Crippen LogP contribution < -0.4 is 14.9 Å². The molecule has 1 aliphatic rings. The molecule has 0 aromatic heterocycles. The fourth-order valence-corrected chi connectivity index (χ4v) is 6.69. The third-order valence-electron chi connectivity index (χ3n) is 4.79.